The van der Waals surface area contributed by atoms with Gasteiger partial charge in [0.1, 0.15) is 0 Å². The lowest BCUT2D eigenvalue weighted by atomic mass is 9.90. The van der Waals surface area contributed by atoms with Crippen LogP contribution in [0.15, 0.2) is 18.2 Å². The largest absolute Gasteiger partial charge is 0.491 e. The smallest absolute Gasteiger partial charge is 0.165 e. The number of nitrogens with zero attached hydrogens (tertiary/aromatic N) is 1. The van der Waals surface area contributed by atoms with Gasteiger partial charge in [-0.3, -0.25) is 0 Å². The number of nitriles is 1. The third-order valence-corrected chi connectivity index (χ3v) is 2.74. The molecule has 0 amide bonds. The number of hydrogen-bond donors (Lipinski definition) is 1. The molecule has 0 fully saturated rings. The van der Waals surface area contributed by atoms with E-state index in [4.69, 9.17) is 15.7 Å². The molecule has 0 atom stereocenters. The molecule has 2 N–H and O–H groups in total. The van der Waals surface area contributed by atoms with Crippen molar-refractivity contribution in [2.45, 2.75) is 33.2 Å². The van der Waals surface area contributed by atoms with Gasteiger partial charge in [0, 0.05) is 6.54 Å². The van der Waals surface area contributed by atoms with Crippen LogP contribution in [0.2, 0.25) is 0 Å². The maximum atomic E-state index is 13.5. The molecule has 0 saturated heterocycles. The zero-order chi connectivity index (χ0) is 13.6. The third-order valence-electron chi connectivity index (χ3n) is 2.74. The van der Waals surface area contributed by atoms with E-state index < -0.39 is 5.82 Å². The van der Waals surface area contributed by atoms with Gasteiger partial charge in [0.15, 0.2) is 11.6 Å². The molecule has 18 heavy (non-hydrogen) atoms. The molecule has 0 radical (unpaired) electrons. The Hall–Kier alpha value is -1.60. The Morgan fingerprint density at radius 3 is 2.72 bits per heavy atom. The van der Waals surface area contributed by atoms with Gasteiger partial charge >= 0.3 is 0 Å². The molecule has 0 unspecified atom stereocenters. The van der Waals surface area contributed by atoms with Gasteiger partial charge in [0.05, 0.1) is 18.1 Å². The molecule has 0 aliphatic rings. The van der Waals surface area contributed by atoms with Crippen molar-refractivity contribution in [3.05, 3.63) is 29.6 Å². The van der Waals surface area contributed by atoms with Crippen LogP contribution in [-0.2, 0) is 6.54 Å². The van der Waals surface area contributed by atoms with Crippen LogP contribution in [0.1, 0.15) is 32.3 Å². The molecular formula is C14H19FN2O. The summed E-state index contributed by atoms with van der Waals surface area (Å²) in [5, 5.41) is 8.85. The molecule has 0 aliphatic carbocycles. The number of benzene rings is 1. The van der Waals surface area contributed by atoms with Crippen LogP contribution in [0.3, 0.4) is 0 Å². The Morgan fingerprint density at radius 2 is 2.17 bits per heavy atom. The monoisotopic (exact) mass is 250 g/mol. The fourth-order valence-corrected chi connectivity index (χ4v) is 1.54. The minimum absolute atomic E-state index is 0.238. The average molecular weight is 250 g/mol. The van der Waals surface area contributed by atoms with Crippen molar-refractivity contribution in [2.24, 2.45) is 11.1 Å². The predicted molar refractivity (Wildman–Crippen MR) is 68.4 cm³/mol. The van der Waals surface area contributed by atoms with Gasteiger partial charge in [-0.15, -0.1) is 0 Å². The highest BCUT2D eigenvalue weighted by atomic mass is 19.1. The predicted octanol–water partition coefficient (Wildman–Crippen LogP) is 2.99. The van der Waals surface area contributed by atoms with Crippen molar-refractivity contribution in [1.82, 2.24) is 0 Å². The van der Waals surface area contributed by atoms with Gasteiger partial charge in [0.2, 0.25) is 0 Å². The van der Waals surface area contributed by atoms with E-state index in [1.807, 2.05) is 13.8 Å². The van der Waals surface area contributed by atoms with Gasteiger partial charge in [-0.1, -0.05) is 6.07 Å². The number of rotatable bonds is 6. The SMILES string of the molecule is CC(C)(C#N)CCCOc1ccc(CN)cc1F. The summed E-state index contributed by atoms with van der Waals surface area (Å²) in [6, 6.07) is 6.94. The van der Waals surface area contributed by atoms with Gasteiger partial charge in [-0.2, -0.15) is 5.26 Å². The van der Waals surface area contributed by atoms with Gasteiger partial charge < -0.3 is 10.5 Å². The van der Waals surface area contributed by atoms with E-state index in [-0.39, 0.29) is 11.2 Å². The van der Waals surface area contributed by atoms with Crippen LogP contribution in [0, 0.1) is 22.6 Å². The summed E-state index contributed by atoms with van der Waals surface area (Å²) in [5.74, 6) is -0.153. The van der Waals surface area contributed by atoms with Gasteiger partial charge in [-0.05, 0) is 44.4 Å². The summed E-state index contributed by atoms with van der Waals surface area (Å²) in [6.45, 7) is 4.48. The van der Waals surface area contributed by atoms with Crippen molar-refractivity contribution in [3.63, 3.8) is 0 Å². The van der Waals surface area contributed by atoms with Gasteiger partial charge in [-0.25, -0.2) is 4.39 Å². The highest BCUT2D eigenvalue weighted by Crippen LogP contribution is 2.22. The molecule has 0 bridgehead atoms. The third kappa shape index (κ3) is 4.34. The second kappa shape index (κ2) is 6.36. The van der Waals surface area contributed by atoms with E-state index in [1.54, 1.807) is 12.1 Å². The molecule has 98 valence electrons. The molecule has 0 saturated carbocycles. The summed E-state index contributed by atoms with van der Waals surface area (Å²) < 4.78 is 18.9. The second-order valence-electron chi connectivity index (χ2n) is 4.92. The van der Waals surface area contributed by atoms with E-state index in [0.29, 0.717) is 13.2 Å². The highest BCUT2D eigenvalue weighted by molar-refractivity contribution is 5.29. The first kappa shape index (κ1) is 14.5. The van der Waals surface area contributed by atoms with E-state index in [1.165, 1.54) is 6.07 Å². The van der Waals surface area contributed by atoms with E-state index in [0.717, 1.165) is 18.4 Å². The molecule has 0 spiro atoms. The standard InChI is InChI=1S/C14H19FN2O/c1-14(2,10-17)6-3-7-18-13-5-4-11(9-16)8-12(13)15/h4-5,8H,3,6-7,9,16H2,1-2H3. The lowest BCUT2D eigenvalue weighted by molar-refractivity contribution is 0.273. The summed E-state index contributed by atoms with van der Waals surface area (Å²) in [6.07, 6.45) is 1.45. The molecule has 0 aliphatic heterocycles. The van der Waals surface area contributed by atoms with Crippen LogP contribution in [0.5, 0.6) is 5.75 Å². The molecule has 1 aromatic rings. The van der Waals surface area contributed by atoms with Gasteiger partial charge in [0.25, 0.3) is 0 Å². The normalized spacial score (nSPS) is 11.1. The molecule has 0 aromatic heterocycles. The summed E-state index contributed by atoms with van der Waals surface area (Å²) >= 11 is 0. The van der Waals surface area contributed by atoms with Crippen molar-refractivity contribution >= 4 is 0 Å². The van der Waals surface area contributed by atoms with Crippen LogP contribution in [0.25, 0.3) is 0 Å². The number of nitrogens with two attached hydrogens (primary N) is 1. The first-order valence-corrected chi connectivity index (χ1v) is 6.01. The molecular weight excluding hydrogens is 231 g/mol. The highest BCUT2D eigenvalue weighted by Gasteiger charge is 2.15. The number of halogens is 1. The van der Waals surface area contributed by atoms with E-state index in [9.17, 15) is 4.39 Å². The van der Waals surface area contributed by atoms with Crippen molar-refractivity contribution in [3.8, 4) is 11.8 Å². The fourth-order valence-electron chi connectivity index (χ4n) is 1.54. The first-order chi connectivity index (χ1) is 8.48. The zero-order valence-corrected chi connectivity index (χ0v) is 10.9. The van der Waals surface area contributed by atoms with E-state index >= 15 is 0 Å². The van der Waals surface area contributed by atoms with E-state index in [2.05, 4.69) is 6.07 Å². The van der Waals surface area contributed by atoms with Crippen LogP contribution in [0.4, 0.5) is 4.39 Å². The summed E-state index contributed by atoms with van der Waals surface area (Å²) in [4.78, 5) is 0. The maximum absolute atomic E-state index is 13.5. The summed E-state index contributed by atoms with van der Waals surface area (Å²) in [7, 11) is 0. The topological polar surface area (TPSA) is 59.0 Å². The number of ether oxygens (including phenoxy) is 1. The Morgan fingerprint density at radius 1 is 1.44 bits per heavy atom. The Balaban J connectivity index is 2.43. The quantitative estimate of drug-likeness (QED) is 0.789. The molecule has 3 nitrogen and oxygen atoms in total. The first-order valence-electron chi connectivity index (χ1n) is 6.01. The minimum Gasteiger partial charge on any atom is -0.491 e. The second-order valence-corrected chi connectivity index (χ2v) is 4.92. The maximum Gasteiger partial charge on any atom is 0.165 e. The molecule has 0 heterocycles. The summed E-state index contributed by atoms with van der Waals surface area (Å²) in [5.41, 5.74) is 5.80. The fraction of sp³-hybridized carbons (Fsp3) is 0.500. The molecule has 1 rings (SSSR count). The number of hydrogen-bond acceptors (Lipinski definition) is 3. The Labute approximate surface area is 107 Å². The molecule has 1 aromatic carbocycles. The Kier molecular flexibility index (Phi) is 5.11. The van der Waals surface area contributed by atoms with Crippen molar-refractivity contribution < 1.29 is 9.13 Å². The van der Waals surface area contributed by atoms with Crippen LogP contribution in [-0.4, -0.2) is 6.61 Å². The average Bonchev–Trinajstić information content (AvgIpc) is 2.36. The zero-order valence-electron chi connectivity index (χ0n) is 10.9. The van der Waals surface area contributed by atoms with Crippen LogP contribution < -0.4 is 10.5 Å². The van der Waals surface area contributed by atoms with Crippen molar-refractivity contribution in [1.29, 1.82) is 5.26 Å². The lowest BCUT2D eigenvalue weighted by Crippen LogP contribution is -2.10. The van der Waals surface area contributed by atoms with Crippen LogP contribution >= 0.6 is 0 Å². The minimum atomic E-state index is -0.391. The molecule has 4 heteroatoms. The lowest BCUT2D eigenvalue weighted by Gasteiger charge is -2.15. The van der Waals surface area contributed by atoms with Crippen molar-refractivity contribution in [2.75, 3.05) is 6.61 Å². The Bertz CT molecular complexity index is 438.